The van der Waals surface area contributed by atoms with Crippen LogP contribution in [-0.4, -0.2) is 68.5 Å². The molecule has 10 nitrogen and oxygen atoms in total. The van der Waals surface area contributed by atoms with Gasteiger partial charge in [0.2, 0.25) is 11.9 Å². The maximum absolute atomic E-state index is 12.5. The standard InChI is InChI=1S/C25H27N7O3/c26-9-7-19-13-28-23(17-5-6-20-21(12-17)35-15-34-20)32(19)22-8-10-27-25(30-22)29-18-2-1-11-31(14-18)24(33)16-3-4-16/h5-6,8,10,12-13,16,18,20-21H,1-4,7,11,14-15H2,(H,27,29,30)/t18-,20?,21?/m0/s1. The highest BCUT2D eigenvalue weighted by Crippen LogP contribution is 2.32. The quantitative estimate of drug-likeness (QED) is 0.679. The van der Waals surface area contributed by atoms with E-state index in [-0.39, 0.29) is 43.3 Å². The Balaban J connectivity index is 1.26. The number of nitrogens with one attached hydrogen (secondary N) is 1. The summed E-state index contributed by atoms with van der Waals surface area (Å²) < 4.78 is 13.1. The molecule has 180 valence electrons. The third-order valence-corrected chi connectivity index (χ3v) is 6.87. The summed E-state index contributed by atoms with van der Waals surface area (Å²) >= 11 is 0. The maximum atomic E-state index is 12.5. The molecule has 35 heavy (non-hydrogen) atoms. The van der Waals surface area contributed by atoms with Crippen molar-refractivity contribution >= 4 is 17.4 Å². The molecule has 0 radical (unpaired) electrons. The number of carbonyl (C=O) groups excluding carboxylic acids is 1. The highest BCUT2D eigenvalue weighted by molar-refractivity contribution is 5.81. The van der Waals surface area contributed by atoms with E-state index >= 15 is 0 Å². The lowest BCUT2D eigenvalue weighted by Crippen LogP contribution is -2.45. The SMILES string of the molecule is N#CCc1cnc(C2=CC3OCOC3C=C2)n1-c1ccnc(N[C@H]2CCCN(C(=O)C3CC3)C2)n1. The molecule has 6 rings (SSSR count). The number of ether oxygens (including phenoxy) is 2. The molecular formula is C25H27N7O3. The van der Waals surface area contributed by atoms with Gasteiger partial charge in [-0.3, -0.25) is 9.36 Å². The molecule has 2 aromatic rings. The number of anilines is 1. The Morgan fingerprint density at radius 3 is 2.97 bits per heavy atom. The first kappa shape index (κ1) is 21.9. The predicted octanol–water partition coefficient (Wildman–Crippen LogP) is 2.24. The summed E-state index contributed by atoms with van der Waals surface area (Å²) in [6.45, 7) is 1.76. The lowest BCUT2D eigenvalue weighted by molar-refractivity contribution is -0.133. The minimum atomic E-state index is -0.158. The second kappa shape index (κ2) is 9.24. The number of hydrogen-bond donors (Lipinski definition) is 1. The highest BCUT2D eigenvalue weighted by atomic mass is 16.7. The van der Waals surface area contributed by atoms with Gasteiger partial charge in [0.1, 0.15) is 30.6 Å². The van der Waals surface area contributed by atoms with Crippen molar-refractivity contribution < 1.29 is 14.3 Å². The summed E-state index contributed by atoms with van der Waals surface area (Å²) in [6, 6.07) is 4.13. The number of hydrogen-bond acceptors (Lipinski definition) is 8. The number of amides is 1. The lowest BCUT2D eigenvalue weighted by atomic mass is 10.0. The van der Waals surface area contributed by atoms with Gasteiger partial charge >= 0.3 is 0 Å². The fourth-order valence-electron chi connectivity index (χ4n) is 4.94. The maximum Gasteiger partial charge on any atom is 0.225 e. The molecule has 2 saturated heterocycles. The fraction of sp³-hybridized carbons (Fsp3) is 0.480. The van der Waals surface area contributed by atoms with E-state index in [0.29, 0.717) is 24.1 Å². The van der Waals surface area contributed by atoms with Crippen LogP contribution in [0, 0.1) is 17.2 Å². The largest absolute Gasteiger partial charge is 0.350 e. The summed E-state index contributed by atoms with van der Waals surface area (Å²) in [5.74, 6) is 2.32. The lowest BCUT2D eigenvalue weighted by Gasteiger charge is -2.33. The zero-order valence-electron chi connectivity index (χ0n) is 19.3. The Bertz CT molecular complexity index is 1230. The number of nitriles is 1. The normalized spacial score (nSPS) is 25.6. The van der Waals surface area contributed by atoms with Gasteiger partial charge in [0, 0.05) is 36.8 Å². The molecule has 3 fully saturated rings. The second-order valence-corrected chi connectivity index (χ2v) is 9.39. The Morgan fingerprint density at radius 1 is 1.23 bits per heavy atom. The smallest absolute Gasteiger partial charge is 0.225 e. The number of carbonyl (C=O) groups is 1. The van der Waals surface area contributed by atoms with Crippen LogP contribution in [0.2, 0.25) is 0 Å². The molecule has 2 aliphatic carbocycles. The molecule has 10 heteroatoms. The molecule has 2 unspecified atom stereocenters. The van der Waals surface area contributed by atoms with Crippen LogP contribution in [-0.2, 0) is 20.7 Å². The highest BCUT2D eigenvalue weighted by Gasteiger charge is 2.35. The van der Waals surface area contributed by atoms with Crippen LogP contribution in [0.15, 0.2) is 36.7 Å². The van der Waals surface area contributed by atoms with Crippen LogP contribution in [0.25, 0.3) is 11.4 Å². The van der Waals surface area contributed by atoms with Crippen molar-refractivity contribution in [1.29, 1.82) is 5.26 Å². The molecule has 2 aliphatic heterocycles. The van der Waals surface area contributed by atoms with E-state index in [1.165, 1.54) is 0 Å². The molecule has 0 bridgehead atoms. The Hall–Kier alpha value is -3.55. The molecule has 3 atom stereocenters. The molecule has 1 amide bonds. The van der Waals surface area contributed by atoms with Gasteiger partial charge in [0.15, 0.2) is 0 Å². The van der Waals surface area contributed by atoms with E-state index in [9.17, 15) is 10.1 Å². The van der Waals surface area contributed by atoms with Crippen LogP contribution < -0.4 is 5.32 Å². The molecule has 1 saturated carbocycles. The Kier molecular flexibility index (Phi) is 5.80. The Morgan fingerprint density at radius 2 is 2.11 bits per heavy atom. The van der Waals surface area contributed by atoms with Crippen LogP contribution in [0.5, 0.6) is 0 Å². The first-order valence-corrected chi connectivity index (χ1v) is 12.2. The summed E-state index contributed by atoms with van der Waals surface area (Å²) in [5, 5.41) is 12.8. The summed E-state index contributed by atoms with van der Waals surface area (Å²) in [5.41, 5.74) is 1.63. The van der Waals surface area contributed by atoms with Gasteiger partial charge in [-0.25, -0.2) is 9.97 Å². The summed E-state index contributed by atoms with van der Waals surface area (Å²) in [7, 11) is 0. The van der Waals surface area contributed by atoms with E-state index in [2.05, 4.69) is 21.4 Å². The summed E-state index contributed by atoms with van der Waals surface area (Å²) in [4.78, 5) is 28.3. The average molecular weight is 474 g/mol. The van der Waals surface area contributed by atoms with Gasteiger partial charge in [0.05, 0.1) is 24.4 Å². The zero-order chi connectivity index (χ0) is 23.8. The van der Waals surface area contributed by atoms with E-state index < -0.39 is 0 Å². The molecule has 4 heterocycles. The van der Waals surface area contributed by atoms with E-state index in [1.807, 2.05) is 33.8 Å². The van der Waals surface area contributed by atoms with E-state index in [1.54, 1.807) is 12.4 Å². The second-order valence-electron chi connectivity index (χ2n) is 9.39. The Labute approximate surface area is 203 Å². The average Bonchev–Trinajstić information content (AvgIpc) is 3.48. The summed E-state index contributed by atoms with van der Waals surface area (Å²) in [6.07, 6.45) is 13.3. The zero-order valence-corrected chi connectivity index (χ0v) is 19.3. The van der Waals surface area contributed by atoms with Crippen LogP contribution >= 0.6 is 0 Å². The van der Waals surface area contributed by atoms with Crippen molar-refractivity contribution in [3.8, 4) is 11.9 Å². The molecule has 0 spiro atoms. The van der Waals surface area contributed by atoms with Crippen molar-refractivity contribution in [1.82, 2.24) is 24.4 Å². The van der Waals surface area contributed by atoms with E-state index in [4.69, 9.17) is 14.5 Å². The predicted molar refractivity (Wildman–Crippen MR) is 126 cm³/mol. The number of rotatable bonds is 6. The molecule has 4 aliphatic rings. The number of aromatic nitrogens is 4. The van der Waals surface area contributed by atoms with Crippen molar-refractivity contribution in [3.63, 3.8) is 0 Å². The van der Waals surface area contributed by atoms with Crippen molar-refractivity contribution in [3.05, 3.63) is 48.2 Å². The number of allylic oxidation sites excluding steroid dienone is 2. The molecule has 1 N–H and O–H groups in total. The first-order chi connectivity index (χ1) is 17.2. The number of piperidine rings is 1. The van der Waals surface area contributed by atoms with Gasteiger partial charge in [-0.05, 0) is 37.8 Å². The minimum absolute atomic E-state index is 0.0857. The fourth-order valence-corrected chi connectivity index (χ4v) is 4.94. The third kappa shape index (κ3) is 4.45. The third-order valence-electron chi connectivity index (χ3n) is 6.87. The molecule has 0 aromatic carbocycles. The number of fused-ring (bicyclic) bond motifs is 1. The van der Waals surface area contributed by atoms with Crippen molar-refractivity contribution in [2.45, 2.75) is 50.4 Å². The number of imidazole rings is 1. The number of nitrogens with zero attached hydrogens (tertiary/aromatic N) is 6. The van der Waals surface area contributed by atoms with Gasteiger partial charge < -0.3 is 19.7 Å². The monoisotopic (exact) mass is 473 g/mol. The number of likely N-dealkylation sites (tertiary alicyclic amines) is 1. The van der Waals surface area contributed by atoms with E-state index in [0.717, 1.165) is 43.5 Å². The van der Waals surface area contributed by atoms with Gasteiger partial charge in [-0.2, -0.15) is 10.2 Å². The van der Waals surface area contributed by atoms with Gasteiger partial charge in [0.25, 0.3) is 0 Å². The van der Waals surface area contributed by atoms with Crippen molar-refractivity contribution in [2.24, 2.45) is 5.92 Å². The van der Waals surface area contributed by atoms with Gasteiger partial charge in [-0.1, -0.05) is 12.2 Å². The first-order valence-electron chi connectivity index (χ1n) is 12.2. The molecular weight excluding hydrogens is 446 g/mol. The topological polar surface area (TPSA) is 118 Å². The van der Waals surface area contributed by atoms with Crippen molar-refractivity contribution in [2.75, 3.05) is 25.2 Å². The minimum Gasteiger partial charge on any atom is -0.350 e. The van der Waals surface area contributed by atoms with Crippen LogP contribution in [0.1, 0.15) is 37.2 Å². The van der Waals surface area contributed by atoms with Crippen LogP contribution in [0.4, 0.5) is 5.95 Å². The van der Waals surface area contributed by atoms with Gasteiger partial charge in [-0.15, -0.1) is 0 Å². The van der Waals surface area contributed by atoms with Crippen LogP contribution in [0.3, 0.4) is 0 Å². The molecule has 2 aromatic heterocycles.